The smallest absolute Gasteiger partial charge is 0.159 e. The summed E-state index contributed by atoms with van der Waals surface area (Å²) in [6, 6.07) is 67.7. The topological polar surface area (TPSA) is 42.8 Å². The van der Waals surface area contributed by atoms with Gasteiger partial charge in [0.05, 0.1) is 22.4 Å². The van der Waals surface area contributed by atoms with Crippen LogP contribution in [0.5, 0.6) is 0 Å². The molecule has 1 aliphatic heterocycles. The van der Waals surface area contributed by atoms with Gasteiger partial charge in [-0.1, -0.05) is 176 Å². The third kappa shape index (κ3) is 5.37. The highest BCUT2D eigenvalue weighted by molar-refractivity contribution is 6.22. The quantitative estimate of drug-likeness (QED) is 0.168. The number of hydrogen-bond donors (Lipinski definition) is 0. The minimum Gasteiger partial charge on any atom is -0.454 e. The Labute approximate surface area is 330 Å². The molecule has 1 aliphatic rings. The first-order chi connectivity index (χ1) is 28.2. The lowest BCUT2D eigenvalue weighted by atomic mass is 9.90. The molecule has 0 spiro atoms. The van der Waals surface area contributed by atoms with Crippen LogP contribution in [-0.4, -0.2) is 16.1 Å². The van der Waals surface area contributed by atoms with Crippen LogP contribution in [0.25, 0.3) is 71.7 Å². The van der Waals surface area contributed by atoms with Crippen molar-refractivity contribution >= 4 is 55.3 Å². The molecule has 0 aliphatic carbocycles. The maximum Gasteiger partial charge on any atom is 0.159 e. The maximum absolute atomic E-state index is 6.86. The lowest BCUT2D eigenvalue weighted by Crippen LogP contribution is -2.20. The number of rotatable bonds is 6. The summed E-state index contributed by atoms with van der Waals surface area (Å²) in [5, 5.41) is 4.62. The third-order valence-electron chi connectivity index (χ3n) is 11.2. The fourth-order valence-electron chi connectivity index (χ4n) is 8.62. The lowest BCUT2D eigenvalue weighted by Gasteiger charge is -2.24. The molecule has 268 valence electrons. The van der Waals surface area contributed by atoms with Gasteiger partial charge in [0.1, 0.15) is 11.6 Å². The van der Waals surface area contributed by atoms with E-state index in [1.807, 2.05) is 36.4 Å². The molecule has 1 unspecified atom stereocenters. The van der Waals surface area contributed by atoms with E-state index in [1.54, 1.807) is 0 Å². The van der Waals surface area contributed by atoms with E-state index >= 15 is 0 Å². The first-order valence-electron chi connectivity index (χ1n) is 19.3. The van der Waals surface area contributed by atoms with E-state index in [2.05, 4.69) is 169 Å². The van der Waals surface area contributed by atoms with Gasteiger partial charge in [-0.15, -0.1) is 0 Å². The monoisotopic (exact) mass is 729 g/mol. The van der Waals surface area contributed by atoms with Crippen LogP contribution >= 0.6 is 0 Å². The van der Waals surface area contributed by atoms with Crippen molar-refractivity contribution in [1.82, 2.24) is 4.57 Å². The molecule has 10 aromatic rings. The number of furan rings is 1. The van der Waals surface area contributed by atoms with E-state index in [1.165, 1.54) is 21.9 Å². The molecule has 4 nitrogen and oxygen atoms in total. The highest BCUT2D eigenvalue weighted by Crippen LogP contribution is 2.43. The number of benzene rings is 8. The summed E-state index contributed by atoms with van der Waals surface area (Å²) < 4.78 is 9.23. The molecule has 0 fully saturated rings. The van der Waals surface area contributed by atoms with Crippen LogP contribution in [-0.2, 0) is 0 Å². The summed E-state index contributed by atoms with van der Waals surface area (Å²) in [5.41, 5.74) is 14.5. The Balaban J connectivity index is 1.03. The number of amidine groups is 1. The third-order valence-corrected chi connectivity index (χ3v) is 11.2. The number of nitrogens with zero attached hydrogens (tertiary/aromatic N) is 3. The second-order valence-electron chi connectivity index (χ2n) is 14.5. The molecule has 0 amide bonds. The zero-order valence-corrected chi connectivity index (χ0v) is 31.0. The minimum atomic E-state index is -0.274. The van der Waals surface area contributed by atoms with E-state index in [0.717, 1.165) is 77.8 Å². The summed E-state index contributed by atoms with van der Waals surface area (Å²) in [6.45, 7) is 4.54. The number of aliphatic imine (C=N–C) groups is 2. The molecule has 11 rings (SSSR count). The standard InChI is InChI=1S/C53H35N3O/c1-34-50(37-18-7-3-8-19-37)54-53(39-20-9-4-10-21-39)55-51(34)38-32-30-36(31-33-38)41-24-15-29-47-49(41)43-25-14-28-46(52(43)57-47)56-44-26-12-11-22-42(44)48-40(23-13-27-45(48)56)35-16-5-2-6-17-35/h2-33,51H,1H2. The second kappa shape index (κ2) is 13.3. The van der Waals surface area contributed by atoms with E-state index in [9.17, 15) is 0 Å². The summed E-state index contributed by atoms with van der Waals surface area (Å²) in [7, 11) is 0. The Morgan fingerprint density at radius 2 is 1.05 bits per heavy atom. The van der Waals surface area contributed by atoms with Crippen molar-refractivity contribution in [1.29, 1.82) is 0 Å². The molecule has 0 bridgehead atoms. The molecule has 1 atom stereocenters. The molecule has 0 radical (unpaired) electrons. The van der Waals surface area contributed by atoms with Crippen molar-refractivity contribution in [2.75, 3.05) is 0 Å². The predicted molar refractivity (Wildman–Crippen MR) is 237 cm³/mol. The second-order valence-corrected chi connectivity index (χ2v) is 14.5. The van der Waals surface area contributed by atoms with Crippen molar-refractivity contribution in [3.05, 3.63) is 223 Å². The van der Waals surface area contributed by atoms with Gasteiger partial charge >= 0.3 is 0 Å². The summed E-state index contributed by atoms with van der Waals surface area (Å²) in [5.74, 6) is 0.709. The number of aromatic nitrogens is 1. The van der Waals surface area contributed by atoms with Crippen molar-refractivity contribution in [3.63, 3.8) is 0 Å². The molecule has 8 aromatic carbocycles. The summed E-state index contributed by atoms with van der Waals surface area (Å²) in [4.78, 5) is 10.2. The summed E-state index contributed by atoms with van der Waals surface area (Å²) >= 11 is 0. The maximum atomic E-state index is 6.86. The van der Waals surface area contributed by atoms with Crippen molar-refractivity contribution in [2.45, 2.75) is 6.04 Å². The minimum absolute atomic E-state index is 0.274. The molecule has 0 saturated heterocycles. The predicted octanol–water partition coefficient (Wildman–Crippen LogP) is 13.6. The number of para-hydroxylation sites is 2. The van der Waals surface area contributed by atoms with Gasteiger partial charge in [0.2, 0.25) is 0 Å². The molecule has 2 aromatic heterocycles. The Kier molecular flexibility index (Phi) is 7.68. The normalized spacial score (nSPS) is 14.4. The highest BCUT2D eigenvalue weighted by Gasteiger charge is 2.26. The fraction of sp³-hybridized carbons (Fsp3) is 0.0189. The van der Waals surface area contributed by atoms with Gasteiger partial charge in [-0.25, -0.2) is 4.99 Å². The van der Waals surface area contributed by atoms with Gasteiger partial charge in [-0.2, -0.15) is 0 Å². The van der Waals surface area contributed by atoms with Crippen molar-refractivity contribution in [3.8, 4) is 27.9 Å². The van der Waals surface area contributed by atoms with Crippen LogP contribution in [0.2, 0.25) is 0 Å². The van der Waals surface area contributed by atoms with Crippen LogP contribution < -0.4 is 0 Å². The SMILES string of the molecule is C=C1C(c2ccccc2)=NC(c2ccccc2)=NC1c1ccc(-c2cccc3oc4c(-n5c6ccccc6c6c(-c7ccccc7)cccc65)cccc4c23)cc1. The lowest BCUT2D eigenvalue weighted by molar-refractivity contribution is 0.666. The van der Waals surface area contributed by atoms with Gasteiger partial charge in [0.15, 0.2) is 11.4 Å². The molecule has 0 saturated carbocycles. The molecular formula is C53H35N3O. The van der Waals surface area contributed by atoms with Gasteiger partial charge < -0.3 is 8.98 Å². The average Bonchev–Trinajstić information content (AvgIpc) is 3.84. The van der Waals surface area contributed by atoms with Crippen LogP contribution in [0.4, 0.5) is 0 Å². The Hall–Kier alpha value is -7.56. The van der Waals surface area contributed by atoms with E-state index < -0.39 is 0 Å². The van der Waals surface area contributed by atoms with Crippen molar-refractivity contribution in [2.24, 2.45) is 9.98 Å². The molecule has 3 heterocycles. The van der Waals surface area contributed by atoms with Crippen LogP contribution in [0, 0.1) is 0 Å². The molecule has 4 heteroatoms. The van der Waals surface area contributed by atoms with E-state index in [0.29, 0.717) is 5.84 Å². The molecule has 57 heavy (non-hydrogen) atoms. The number of hydrogen-bond acceptors (Lipinski definition) is 3. The number of fused-ring (bicyclic) bond motifs is 6. The average molecular weight is 730 g/mol. The Morgan fingerprint density at radius 1 is 0.474 bits per heavy atom. The largest absolute Gasteiger partial charge is 0.454 e. The van der Waals surface area contributed by atoms with Gasteiger partial charge in [-0.05, 0) is 52.1 Å². The molecular weight excluding hydrogens is 695 g/mol. The molecule has 0 N–H and O–H groups in total. The highest BCUT2D eigenvalue weighted by atomic mass is 16.3. The van der Waals surface area contributed by atoms with Crippen molar-refractivity contribution < 1.29 is 4.42 Å². The first-order valence-corrected chi connectivity index (χ1v) is 19.3. The van der Waals surface area contributed by atoms with E-state index in [-0.39, 0.29) is 6.04 Å². The zero-order valence-electron chi connectivity index (χ0n) is 31.0. The van der Waals surface area contributed by atoms with Gasteiger partial charge in [-0.3, -0.25) is 4.99 Å². The Bertz CT molecular complexity index is 3220. The van der Waals surface area contributed by atoms with Crippen LogP contribution in [0.15, 0.2) is 221 Å². The van der Waals surface area contributed by atoms with Crippen LogP contribution in [0.1, 0.15) is 22.7 Å². The van der Waals surface area contributed by atoms with Gasteiger partial charge in [0, 0.05) is 38.2 Å². The fourth-order valence-corrected chi connectivity index (χ4v) is 8.62. The summed E-state index contributed by atoms with van der Waals surface area (Å²) in [6.07, 6.45) is 0. The zero-order chi connectivity index (χ0) is 37.9. The Morgan fingerprint density at radius 3 is 1.81 bits per heavy atom. The first kappa shape index (κ1) is 32.8. The van der Waals surface area contributed by atoms with Crippen LogP contribution in [0.3, 0.4) is 0 Å². The van der Waals surface area contributed by atoms with E-state index in [4.69, 9.17) is 14.4 Å². The van der Waals surface area contributed by atoms with Gasteiger partial charge in [0.25, 0.3) is 0 Å².